The fourth-order valence-electron chi connectivity index (χ4n) is 3.24. The van der Waals surface area contributed by atoms with Crippen LogP contribution >= 0.6 is 0 Å². The van der Waals surface area contributed by atoms with Crippen LogP contribution in [0, 0.1) is 17.0 Å². The monoisotopic (exact) mass is 498 g/mol. The first kappa shape index (κ1) is 25.5. The normalized spacial score (nSPS) is 12.7. The molecule has 0 radical (unpaired) electrons. The highest BCUT2D eigenvalue weighted by atomic mass is 19.4. The molecule has 2 aromatic carbocycles. The molecule has 2 amide bonds. The molecule has 0 aliphatic heterocycles. The van der Waals surface area contributed by atoms with Crippen LogP contribution in [0.2, 0.25) is 0 Å². The number of nitrogens with zero attached hydrogens (tertiary/aromatic N) is 2. The molecule has 184 valence electrons. The molecular formula is C22H16F6N4O3. The van der Waals surface area contributed by atoms with Crippen LogP contribution in [0.1, 0.15) is 34.0 Å². The van der Waals surface area contributed by atoms with E-state index in [2.05, 4.69) is 15.6 Å². The van der Waals surface area contributed by atoms with Crippen LogP contribution in [0.5, 0.6) is 0 Å². The minimum Gasteiger partial charge on any atom is -0.325 e. The van der Waals surface area contributed by atoms with Crippen LogP contribution in [-0.4, -0.2) is 15.9 Å². The van der Waals surface area contributed by atoms with Crippen molar-refractivity contribution in [2.45, 2.75) is 25.3 Å². The Kier molecular flexibility index (Phi) is 6.99. The predicted molar refractivity (Wildman–Crippen MR) is 113 cm³/mol. The summed E-state index contributed by atoms with van der Waals surface area (Å²) in [6.45, 7) is 1.47. The molecule has 1 heterocycles. The third-order valence-corrected chi connectivity index (χ3v) is 4.93. The maximum Gasteiger partial charge on any atom is 0.418 e. The number of nitro benzene ring substituents is 1. The van der Waals surface area contributed by atoms with E-state index in [0.29, 0.717) is 17.7 Å². The lowest BCUT2D eigenvalue weighted by Gasteiger charge is -2.23. The number of urea groups is 1. The first-order valence-electron chi connectivity index (χ1n) is 9.79. The molecule has 0 saturated carbocycles. The first-order valence-corrected chi connectivity index (χ1v) is 9.79. The SMILES string of the molecule is Cc1ccc(NC(=O)N[C@@H](c2ccc(C(F)(F)F)cc2)c2ncccc2C(F)(F)F)cc1[N+](=O)[O-]. The molecule has 0 aliphatic carbocycles. The van der Waals surface area contributed by atoms with Crippen molar-refractivity contribution < 1.29 is 36.1 Å². The van der Waals surface area contributed by atoms with Gasteiger partial charge in [0.1, 0.15) is 0 Å². The third kappa shape index (κ3) is 6.05. The van der Waals surface area contributed by atoms with Crippen LogP contribution in [0.25, 0.3) is 0 Å². The Labute approximate surface area is 193 Å². The van der Waals surface area contributed by atoms with Crippen molar-refractivity contribution in [3.8, 4) is 0 Å². The van der Waals surface area contributed by atoms with E-state index < -0.39 is 46.2 Å². The molecule has 35 heavy (non-hydrogen) atoms. The number of aryl methyl sites for hydroxylation is 1. The van der Waals surface area contributed by atoms with Gasteiger partial charge in [0.05, 0.1) is 27.8 Å². The van der Waals surface area contributed by atoms with Gasteiger partial charge in [-0.05, 0) is 42.8 Å². The topological polar surface area (TPSA) is 97.2 Å². The van der Waals surface area contributed by atoms with Gasteiger partial charge in [0.15, 0.2) is 0 Å². The Morgan fingerprint density at radius 2 is 1.66 bits per heavy atom. The molecule has 0 saturated heterocycles. The zero-order valence-corrected chi connectivity index (χ0v) is 17.7. The molecule has 0 unspecified atom stereocenters. The van der Waals surface area contributed by atoms with Crippen molar-refractivity contribution >= 4 is 17.4 Å². The van der Waals surface area contributed by atoms with Gasteiger partial charge in [-0.15, -0.1) is 0 Å². The standard InChI is InChI=1S/C22H16F6N4O3/c1-12-4-9-15(11-17(12)32(34)35)30-20(33)31-18(13-5-7-14(8-6-13)21(23,24)25)19-16(22(26,27)28)3-2-10-29-19/h2-11,18H,1H3,(H2,30,31,33)/t18-/m0/s1. The molecule has 1 aromatic heterocycles. The molecule has 0 aliphatic rings. The number of carbonyl (C=O) groups excluding carboxylic acids is 1. The van der Waals surface area contributed by atoms with Crippen molar-refractivity contribution in [1.82, 2.24) is 10.3 Å². The summed E-state index contributed by atoms with van der Waals surface area (Å²) in [7, 11) is 0. The molecule has 0 fully saturated rings. The number of nitrogens with one attached hydrogen (secondary N) is 2. The third-order valence-electron chi connectivity index (χ3n) is 4.93. The first-order chi connectivity index (χ1) is 16.3. The van der Waals surface area contributed by atoms with Crippen LogP contribution in [0.3, 0.4) is 0 Å². The van der Waals surface area contributed by atoms with E-state index in [0.717, 1.165) is 36.5 Å². The van der Waals surface area contributed by atoms with Gasteiger partial charge in [0, 0.05) is 23.5 Å². The van der Waals surface area contributed by atoms with Gasteiger partial charge < -0.3 is 10.6 Å². The van der Waals surface area contributed by atoms with E-state index in [9.17, 15) is 41.3 Å². The van der Waals surface area contributed by atoms with E-state index >= 15 is 0 Å². The summed E-state index contributed by atoms with van der Waals surface area (Å²) >= 11 is 0. The van der Waals surface area contributed by atoms with Crippen molar-refractivity contribution in [2.75, 3.05) is 5.32 Å². The molecule has 0 bridgehead atoms. The largest absolute Gasteiger partial charge is 0.418 e. The van der Waals surface area contributed by atoms with Gasteiger partial charge in [0.25, 0.3) is 5.69 Å². The number of rotatable bonds is 5. The predicted octanol–water partition coefficient (Wildman–Crippen LogP) is 6.25. The minimum atomic E-state index is -4.87. The summed E-state index contributed by atoms with van der Waals surface area (Å²) in [4.78, 5) is 26.8. The molecule has 3 aromatic rings. The van der Waals surface area contributed by atoms with E-state index in [1.807, 2.05) is 0 Å². The number of carbonyl (C=O) groups is 1. The number of pyridine rings is 1. The average molecular weight is 498 g/mol. The summed E-state index contributed by atoms with van der Waals surface area (Å²) in [6.07, 6.45) is -8.50. The van der Waals surface area contributed by atoms with E-state index in [1.165, 1.54) is 19.1 Å². The van der Waals surface area contributed by atoms with Gasteiger partial charge >= 0.3 is 18.4 Å². The van der Waals surface area contributed by atoms with Gasteiger partial charge in [-0.1, -0.05) is 18.2 Å². The summed E-state index contributed by atoms with van der Waals surface area (Å²) < 4.78 is 79.7. The Morgan fingerprint density at radius 1 is 1.00 bits per heavy atom. The lowest BCUT2D eigenvalue weighted by molar-refractivity contribution is -0.385. The molecule has 7 nitrogen and oxygen atoms in total. The second-order valence-corrected chi connectivity index (χ2v) is 7.34. The van der Waals surface area contributed by atoms with E-state index in [1.54, 1.807) is 0 Å². The molecule has 2 N–H and O–H groups in total. The second kappa shape index (κ2) is 9.60. The highest BCUT2D eigenvalue weighted by molar-refractivity contribution is 5.90. The number of benzene rings is 2. The van der Waals surface area contributed by atoms with Crippen LogP contribution in [0.4, 0.5) is 42.5 Å². The van der Waals surface area contributed by atoms with Gasteiger partial charge in [-0.2, -0.15) is 26.3 Å². The van der Waals surface area contributed by atoms with Crippen LogP contribution in [0.15, 0.2) is 60.8 Å². The Bertz CT molecular complexity index is 1240. The highest BCUT2D eigenvalue weighted by Crippen LogP contribution is 2.36. The van der Waals surface area contributed by atoms with Crippen LogP contribution < -0.4 is 10.6 Å². The van der Waals surface area contributed by atoms with Crippen molar-refractivity contribution in [2.24, 2.45) is 0 Å². The van der Waals surface area contributed by atoms with E-state index in [4.69, 9.17) is 0 Å². The summed E-state index contributed by atoms with van der Waals surface area (Å²) in [5.41, 5.74) is -3.00. The van der Waals surface area contributed by atoms with Crippen LogP contribution in [-0.2, 0) is 12.4 Å². The Hall–Kier alpha value is -4.16. The number of hydrogen-bond donors (Lipinski definition) is 2. The fourth-order valence-corrected chi connectivity index (χ4v) is 3.24. The fraction of sp³-hybridized carbons (Fsp3) is 0.182. The van der Waals surface area contributed by atoms with E-state index in [-0.39, 0.29) is 16.9 Å². The number of halogens is 6. The lowest BCUT2D eigenvalue weighted by atomic mass is 9.98. The molecule has 0 spiro atoms. The number of nitro groups is 1. The minimum absolute atomic E-state index is 0.0250. The number of amides is 2. The summed E-state index contributed by atoms with van der Waals surface area (Å²) in [5, 5.41) is 15.7. The second-order valence-electron chi connectivity index (χ2n) is 7.34. The number of hydrogen-bond acceptors (Lipinski definition) is 4. The zero-order valence-electron chi connectivity index (χ0n) is 17.7. The average Bonchev–Trinajstić information content (AvgIpc) is 2.77. The highest BCUT2D eigenvalue weighted by Gasteiger charge is 2.37. The van der Waals surface area contributed by atoms with Gasteiger partial charge in [-0.3, -0.25) is 15.1 Å². The lowest BCUT2D eigenvalue weighted by Crippen LogP contribution is -2.35. The number of alkyl halides is 6. The molecular weight excluding hydrogens is 482 g/mol. The quantitative estimate of drug-likeness (QED) is 0.247. The maximum absolute atomic E-state index is 13.6. The number of aromatic nitrogens is 1. The van der Waals surface area contributed by atoms with Crippen molar-refractivity contribution in [3.63, 3.8) is 0 Å². The Balaban J connectivity index is 1.99. The molecule has 1 atom stereocenters. The van der Waals surface area contributed by atoms with Crippen molar-refractivity contribution in [1.29, 1.82) is 0 Å². The Morgan fingerprint density at radius 3 is 2.23 bits per heavy atom. The van der Waals surface area contributed by atoms with Gasteiger partial charge in [-0.25, -0.2) is 4.79 Å². The molecule has 13 heteroatoms. The zero-order chi connectivity index (χ0) is 26.0. The summed E-state index contributed by atoms with van der Waals surface area (Å²) in [5.74, 6) is 0. The maximum atomic E-state index is 13.6. The van der Waals surface area contributed by atoms with Gasteiger partial charge in [0.2, 0.25) is 0 Å². The number of anilines is 1. The molecule has 3 rings (SSSR count). The smallest absolute Gasteiger partial charge is 0.325 e. The van der Waals surface area contributed by atoms with Crippen molar-refractivity contribution in [3.05, 3.63) is 98.9 Å². The summed E-state index contributed by atoms with van der Waals surface area (Å²) in [6, 6.07) is 6.05.